The zero-order valence-corrected chi connectivity index (χ0v) is 16.6. The highest BCUT2D eigenvalue weighted by atomic mass is 16.2. The number of anilines is 1. The minimum atomic E-state index is -0.157. The van der Waals surface area contributed by atoms with Crippen molar-refractivity contribution in [3.05, 3.63) is 84.4 Å². The van der Waals surface area contributed by atoms with Crippen LogP contribution in [0.15, 0.2) is 78.9 Å². The molecule has 2 amide bonds. The van der Waals surface area contributed by atoms with E-state index in [9.17, 15) is 9.59 Å². The lowest BCUT2D eigenvalue weighted by atomic mass is 10.2. The van der Waals surface area contributed by atoms with E-state index in [1.165, 1.54) is 6.92 Å². The predicted octanol–water partition coefficient (Wildman–Crippen LogP) is 4.09. The summed E-state index contributed by atoms with van der Waals surface area (Å²) in [7, 11) is 0. The summed E-state index contributed by atoms with van der Waals surface area (Å²) in [6, 6.07) is 24.9. The van der Waals surface area contributed by atoms with Gasteiger partial charge in [-0.2, -0.15) is 0 Å². The van der Waals surface area contributed by atoms with Crippen molar-refractivity contribution in [1.82, 2.24) is 14.9 Å². The highest BCUT2D eigenvalue weighted by molar-refractivity contribution is 5.95. The fraction of sp³-hybridized carbons (Fsp3) is 0.125. The number of aromatic nitrogens is 2. The Morgan fingerprint density at radius 2 is 1.60 bits per heavy atom. The molecule has 0 radical (unpaired) electrons. The Labute approximate surface area is 174 Å². The van der Waals surface area contributed by atoms with E-state index in [4.69, 9.17) is 4.98 Å². The molecule has 1 heterocycles. The Hall–Kier alpha value is -3.93. The minimum absolute atomic E-state index is 0.144. The molecule has 0 saturated carbocycles. The maximum Gasteiger partial charge on any atom is 0.251 e. The third kappa shape index (κ3) is 4.22. The van der Waals surface area contributed by atoms with Crippen LogP contribution in [0.3, 0.4) is 0 Å². The van der Waals surface area contributed by atoms with E-state index in [0.29, 0.717) is 24.3 Å². The molecule has 1 aromatic heterocycles. The van der Waals surface area contributed by atoms with Crippen LogP contribution in [0.1, 0.15) is 17.3 Å². The summed E-state index contributed by atoms with van der Waals surface area (Å²) in [6.45, 7) is 2.51. The maximum absolute atomic E-state index is 12.5. The van der Waals surface area contributed by atoms with Gasteiger partial charge >= 0.3 is 0 Å². The zero-order valence-electron chi connectivity index (χ0n) is 16.6. The van der Waals surface area contributed by atoms with Crippen LogP contribution in [-0.4, -0.2) is 27.9 Å². The molecule has 6 nitrogen and oxygen atoms in total. The van der Waals surface area contributed by atoms with Gasteiger partial charge in [0, 0.05) is 36.8 Å². The van der Waals surface area contributed by atoms with E-state index in [0.717, 1.165) is 22.4 Å². The Balaban J connectivity index is 1.48. The summed E-state index contributed by atoms with van der Waals surface area (Å²) in [5.74, 6) is 0.578. The number of hydrogen-bond donors (Lipinski definition) is 2. The quantitative estimate of drug-likeness (QED) is 0.514. The molecule has 0 fully saturated rings. The van der Waals surface area contributed by atoms with Crippen LogP contribution < -0.4 is 10.6 Å². The number of fused-ring (bicyclic) bond motifs is 1. The van der Waals surface area contributed by atoms with Gasteiger partial charge in [-0.3, -0.25) is 9.59 Å². The Kier molecular flexibility index (Phi) is 5.57. The Bertz CT molecular complexity index is 1180. The first-order chi connectivity index (χ1) is 14.6. The van der Waals surface area contributed by atoms with Crippen LogP contribution >= 0.6 is 0 Å². The summed E-state index contributed by atoms with van der Waals surface area (Å²) < 4.78 is 2.13. The molecule has 0 spiro atoms. The van der Waals surface area contributed by atoms with Crippen LogP contribution in [0.4, 0.5) is 5.69 Å². The number of nitrogens with one attached hydrogen (secondary N) is 2. The van der Waals surface area contributed by atoms with Crippen LogP contribution in [0.2, 0.25) is 0 Å². The van der Waals surface area contributed by atoms with Gasteiger partial charge in [-0.15, -0.1) is 0 Å². The van der Waals surface area contributed by atoms with Crippen molar-refractivity contribution in [1.29, 1.82) is 0 Å². The fourth-order valence-corrected chi connectivity index (χ4v) is 3.40. The van der Waals surface area contributed by atoms with Crippen LogP contribution in [-0.2, 0) is 11.3 Å². The van der Waals surface area contributed by atoms with Gasteiger partial charge in [0.15, 0.2) is 0 Å². The van der Waals surface area contributed by atoms with Gasteiger partial charge in [0.05, 0.1) is 11.0 Å². The lowest BCUT2D eigenvalue weighted by Gasteiger charge is -2.11. The molecule has 0 saturated heterocycles. The molecule has 0 aliphatic carbocycles. The number of nitrogens with zero attached hydrogens (tertiary/aromatic N) is 2. The smallest absolute Gasteiger partial charge is 0.251 e. The third-order valence-electron chi connectivity index (χ3n) is 4.77. The molecule has 0 aliphatic rings. The van der Waals surface area contributed by atoms with Gasteiger partial charge in [0.25, 0.3) is 5.91 Å². The average molecular weight is 398 g/mol. The van der Waals surface area contributed by atoms with Crippen molar-refractivity contribution in [3.8, 4) is 11.4 Å². The molecular weight excluding hydrogens is 376 g/mol. The van der Waals surface area contributed by atoms with Crippen molar-refractivity contribution in [2.75, 3.05) is 11.9 Å². The molecule has 0 unspecified atom stereocenters. The van der Waals surface area contributed by atoms with Crippen LogP contribution in [0.25, 0.3) is 22.4 Å². The van der Waals surface area contributed by atoms with Gasteiger partial charge in [-0.1, -0.05) is 42.5 Å². The molecule has 6 heteroatoms. The van der Waals surface area contributed by atoms with Gasteiger partial charge in [-0.05, 0) is 36.4 Å². The summed E-state index contributed by atoms with van der Waals surface area (Å²) in [5, 5.41) is 5.66. The normalized spacial score (nSPS) is 10.7. The zero-order chi connectivity index (χ0) is 20.9. The molecule has 3 aromatic carbocycles. The summed E-state index contributed by atoms with van der Waals surface area (Å²) in [5.41, 5.74) is 4.20. The standard InChI is InChI=1S/C24H22N4O2/c1-17(29)26-20-13-11-19(12-14-20)24(30)25-15-16-28-22-10-6-5-9-21(22)27-23(28)18-7-3-2-4-8-18/h2-14H,15-16H2,1H3,(H,25,30)(H,26,29). The number of benzene rings is 3. The average Bonchev–Trinajstić information content (AvgIpc) is 3.13. The molecule has 4 aromatic rings. The van der Waals surface area contributed by atoms with Crippen LogP contribution in [0.5, 0.6) is 0 Å². The van der Waals surface area contributed by atoms with E-state index < -0.39 is 0 Å². The Morgan fingerprint density at radius 1 is 0.900 bits per heavy atom. The Morgan fingerprint density at radius 3 is 2.33 bits per heavy atom. The number of rotatable bonds is 6. The SMILES string of the molecule is CC(=O)Nc1ccc(C(=O)NCCn2c(-c3ccccc3)nc3ccccc32)cc1. The molecule has 30 heavy (non-hydrogen) atoms. The largest absolute Gasteiger partial charge is 0.350 e. The van der Waals surface area contributed by atoms with E-state index in [-0.39, 0.29) is 11.8 Å². The first-order valence-corrected chi connectivity index (χ1v) is 9.78. The number of carbonyl (C=O) groups is 2. The number of carbonyl (C=O) groups excluding carboxylic acids is 2. The first kappa shape index (κ1) is 19.4. The molecule has 0 aliphatic heterocycles. The van der Waals surface area contributed by atoms with Crippen molar-refractivity contribution >= 4 is 28.5 Å². The molecule has 2 N–H and O–H groups in total. The summed E-state index contributed by atoms with van der Waals surface area (Å²) in [6.07, 6.45) is 0. The highest BCUT2D eigenvalue weighted by Crippen LogP contribution is 2.24. The third-order valence-corrected chi connectivity index (χ3v) is 4.77. The van der Waals surface area contributed by atoms with E-state index >= 15 is 0 Å². The highest BCUT2D eigenvalue weighted by Gasteiger charge is 2.12. The second kappa shape index (κ2) is 8.61. The van der Waals surface area contributed by atoms with Crippen molar-refractivity contribution in [2.45, 2.75) is 13.5 Å². The lowest BCUT2D eigenvalue weighted by Crippen LogP contribution is -2.27. The van der Waals surface area contributed by atoms with E-state index in [1.54, 1.807) is 24.3 Å². The van der Waals surface area contributed by atoms with Crippen molar-refractivity contribution < 1.29 is 9.59 Å². The maximum atomic E-state index is 12.5. The first-order valence-electron chi connectivity index (χ1n) is 9.78. The summed E-state index contributed by atoms with van der Waals surface area (Å²) >= 11 is 0. The molecule has 0 atom stereocenters. The number of para-hydroxylation sites is 2. The molecule has 4 rings (SSSR count). The van der Waals surface area contributed by atoms with Crippen molar-refractivity contribution in [2.24, 2.45) is 0 Å². The number of amides is 2. The fourth-order valence-electron chi connectivity index (χ4n) is 3.40. The predicted molar refractivity (Wildman–Crippen MR) is 118 cm³/mol. The van der Waals surface area contributed by atoms with Gasteiger partial charge in [0.2, 0.25) is 5.91 Å². The number of hydrogen-bond acceptors (Lipinski definition) is 3. The topological polar surface area (TPSA) is 76.0 Å². The van der Waals surface area contributed by atoms with E-state index in [1.807, 2.05) is 54.6 Å². The molecular formula is C24H22N4O2. The minimum Gasteiger partial charge on any atom is -0.350 e. The van der Waals surface area contributed by atoms with Gasteiger partial charge in [-0.25, -0.2) is 4.98 Å². The number of imidazole rings is 1. The van der Waals surface area contributed by atoms with Gasteiger partial charge < -0.3 is 15.2 Å². The lowest BCUT2D eigenvalue weighted by molar-refractivity contribution is -0.114. The second-order valence-corrected chi connectivity index (χ2v) is 6.96. The monoisotopic (exact) mass is 398 g/mol. The van der Waals surface area contributed by atoms with Gasteiger partial charge in [0.1, 0.15) is 5.82 Å². The molecule has 0 bridgehead atoms. The van der Waals surface area contributed by atoms with Crippen molar-refractivity contribution in [3.63, 3.8) is 0 Å². The molecule has 150 valence electrons. The van der Waals surface area contributed by atoms with Crippen LogP contribution in [0, 0.1) is 0 Å². The second-order valence-electron chi connectivity index (χ2n) is 6.96. The van der Waals surface area contributed by atoms with E-state index in [2.05, 4.69) is 15.2 Å². The summed E-state index contributed by atoms with van der Waals surface area (Å²) in [4.78, 5) is 28.4.